The van der Waals surface area contributed by atoms with Crippen LogP contribution in [0.2, 0.25) is 0 Å². The van der Waals surface area contributed by atoms with Gasteiger partial charge in [-0.05, 0) is 113 Å². The van der Waals surface area contributed by atoms with Gasteiger partial charge in [0.2, 0.25) is 0 Å². The molecular weight excluding hydrogens is 725 g/mol. The summed E-state index contributed by atoms with van der Waals surface area (Å²) in [5.74, 6) is 0. The van der Waals surface area contributed by atoms with E-state index in [-0.39, 0.29) is 0 Å². The molecule has 0 amide bonds. The van der Waals surface area contributed by atoms with Gasteiger partial charge >= 0.3 is 0 Å². The van der Waals surface area contributed by atoms with Gasteiger partial charge in [-0.15, -0.1) is 0 Å². The third-order valence-corrected chi connectivity index (χ3v) is 11.9. The second kappa shape index (κ2) is 14.7. The lowest BCUT2D eigenvalue weighted by Crippen LogP contribution is -1.91. The molecule has 1 aromatic heterocycles. The first-order chi connectivity index (χ1) is 29.7. The molecule has 0 unspecified atom stereocenters. The predicted molar refractivity (Wildman–Crippen MR) is 249 cm³/mol. The Morgan fingerprint density at radius 3 is 1.07 bits per heavy atom. The Bertz CT molecular complexity index is 3160. The Hall–Kier alpha value is -8.12. The number of nitrogens with zero attached hydrogens (tertiary/aromatic N) is 2. The highest BCUT2D eigenvalue weighted by molar-refractivity contribution is 6.22. The van der Waals surface area contributed by atoms with Crippen molar-refractivity contribution in [2.45, 2.75) is 0 Å². The fraction of sp³-hybridized carbons (Fsp3) is 0. The third kappa shape index (κ3) is 6.18. The van der Waals surface area contributed by atoms with Crippen molar-refractivity contribution in [1.82, 2.24) is 4.98 Å². The number of hydrogen-bond acceptors (Lipinski definition) is 2. The molecule has 1 heterocycles. The minimum absolute atomic E-state index is 0.662. The van der Waals surface area contributed by atoms with Gasteiger partial charge in [0.25, 0.3) is 0 Å². The molecule has 0 spiro atoms. The zero-order valence-corrected chi connectivity index (χ0v) is 32.7. The topological polar surface area (TPSA) is 36.7 Å². The normalized spacial score (nSPS) is 11.3. The third-order valence-electron chi connectivity index (χ3n) is 11.9. The van der Waals surface area contributed by atoms with Crippen LogP contribution in [-0.2, 0) is 0 Å². The highest BCUT2D eigenvalue weighted by Crippen LogP contribution is 2.52. The number of fused-ring (bicyclic) bond motifs is 3. The van der Waals surface area contributed by atoms with Gasteiger partial charge in [-0.3, -0.25) is 0 Å². The maximum Gasteiger partial charge on any atom is 0.0991 e. The van der Waals surface area contributed by atoms with Crippen LogP contribution in [-0.4, -0.2) is 4.98 Å². The number of nitriles is 1. The smallest absolute Gasteiger partial charge is 0.0991 e. The lowest BCUT2D eigenvalue weighted by molar-refractivity contribution is 1.32. The van der Waals surface area contributed by atoms with E-state index in [1.165, 1.54) is 72.0 Å². The SMILES string of the molecule is N#Cc1ccc(-c2ccc3c4c(ccc(-c5ccc(-c6ccc(-c7ccc(-c8cc(-c9ccccc9)cc(-c9ccccc9)n8)cc7)cc6)cc5)c24)-c2ccccc2-3)cc1. The minimum Gasteiger partial charge on any atom is -0.248 e. The lowest BCUT2D eigenvalue weighted by Gasteiger charge is -2.15. The van der Waals surface area contributed by atoms with Gasteiger partial charge in [-0.1, -0.05) is 194 Å². The van der Waals surface area contributed by atoms with Gasteiger partial charge < -0.3 is 0 Å². The maximum absolute atomic E-state index is 9.48. The highest BCUT2D eigenvalue weighted by atomic mass is 14.7. The molecule has 0 radical (unpaired) electrons. The van der Waals surface area contributed by atoms with Crippen LogP contribution in [0.3, 0.4) is 0 Å². The minimum atomic E-state index is 0.662. The average molecular weight is 761 g/mol. The van der Waals surface area contributed by atoms with Crippen molar-refractivity contribution in [3.8, 4) is 106 Å². The van der Waals surface area contributed by atoms with Crippen LogP contribution in [0, 0.1) is 11.3 Å². The van der Waals surface area contributed by atoms with Gasteiger partial charge in [0.05, 0.1) is 23.0 Å². The maximum atomic E-state index is 9.48. The Kier molecular flexibility index (Phi) is 8.58. The highest BCUT2D eigenvalue weighted by Gasteiger charge is 2.25. The average Bonchev–Trinajstić information content (AvgIpc) is 3.66. The molecule has 9 aromatic carbocycles. The predicted octanol–water partition coefficient (Wildman–Crippen LogP) is 15.4. The van der Waals surface area contributed by atoms with Crippen LogP contribution in [0.4, 0.5) is 0 Å². The van der Waals surface area contributed by atoms with Crippen LogP contribution in [0.1, 0.15) is 5.56 Å². The van der Waals surface area contributed by atoms with E-state index in [4.69, 9.17) is 4.98 Å². The summed E-state index contributed by atoms with van der Waals surface area (Å²) >= 11 is 0. The van der Waals surface area contributed by atoms with Crippen molar-refractivity contribution in [2.24, 2.45) is 0 Å². The lowest BCUT2D eigenvalue weighted by atomic mass is 9.88. The molecule has 278 valence electrons. The second-order valence-electron chi connectivity index (χ2n) is 15.4. The van der Waals surface area contributed by atoms with Gasteiger partial charge in [-0.25, -0.2) is 4.98 Å². The summed E-state index contributed by atoms with van der Waals surface area (Å²) in [5.41, 5.74) is 21.5. The molecule has 0 N–H and O–H groups in total. The van der Waals surface area contributed by atoms with Gasteiger partial charge in [0, 0.05) is 11.1 Å². The van der Waals surface area contributed by atoms with Crippen molar-refractivity contribution in [3.05, 3.63) is 224 Å². The quantitative estimate of drug-likeness (QED) is 0.162. The summed E-state index contributed by atoms with van der Waals surface area (Å²) in [6.45, 7) is 0. The first-order valence-corrected chi connectivity index (χ1v) is 20.3. The van der Waals surface area contributed by atoms with Crippen molar-refractivity contribution in [2.75, 3.05) is 0 Å². The molecule has 10 aromatic rings. The van der Waals surface area contributed by atoms with E-state index < -0.39 is 0 Å². The zero-order chi connectivity index (χ0) is 40.0. The first-order valence-electron chi connectivity index (χ1n) is 20.3. The number of benzene rings is 9. The van der Waals surface area contributed by atoms with Crippen LogP contribution >= 0.6 is 0 Å². The van der Waals surface area contributed by atoms with E-state index in [0.717, 1.165) is 39.2 Å². The van der Waals surface area contributed by atoms with E-state index >= 15 is 0 Å². The molecule has 0 bridgehead atoms. The number of pyridine rings is 1. The molecule has 1 aliphatic rings. The van der Waals surface area contributed by atoms with E-state index in [1.54, 1.807) is 0 Å². The fourth-order valence-electron chi connectivity index (χ4n) is 8.87. The molecule has 2 heteroatoms. The van der Waals surface area contributed by atoms with Gasteiger partial charge in [0.15, 0.2) is 0 Å². The molecule has 0 atom stereocenters. The zero-order valence-electron chi connectivity index (χ0n) is 32.7. The fourth-order valence-corrected chi connectivity index (χ4v) is 8.87. The van der Waals surface area contributed by atoms with E-state index in [1.807, 2.05) is 18.2 Å². The Morgan fingerprint density at radius 1 is 0.267 bits per heavy atom. The summed E-state index contributed by atoms with van der Waals surface area (Å²) in [5, 5.41) is 12.0. The Balaban J connectivity index is 0.896. The molecule has 2 nitrogen and oxygen atoms in total. The summed E-state index contributed by atoms with van der Waals surface area (Å²) in [4.78, 5) is 5.12. The number of hydrogen-bond donors (Lipinski definition) is 0. The van der Waals surface area contributed by atoms with Gasteiger partial charge in [-0.2, -0.15) is 5.26 Å². The number of rotatable bonds is 7. The monoisotopic (exact) mass is 760 g/mol. The van der Waals surface area contributed by atoms with Crippen LogP contribution in [0.25, 0.3) is 111 Å². The largest absolute Gasteiger partial charge is 0.248 e. The Labute approximate surface area is 350 Å². The van der Waals surface area contributed by atoms with Gasteiger partial charge in [0.1, 0.15) is 0 Å². The molecule has 0 saturated heterocycles. The summed E-state index contributed by atoms with van der Waals surface area (Å²) < 4.78 is 0. The van der Waals surface area contributed by atoms with Crippen molar-refractivity contribution in [1.29, 1.82) is 5.26 Å². The van der Waals surface area contributed by atoms with E-state index in [0.29, 0.717) is 5.56 Å². The number of aromatic nitrogens is 1. The second-order valence-corrected chi connectivity index (χ2v) is 15.4. The summed E-state index contributed by atoms with van der Waals surface area (Å²) in [6.07, 6.45) is 0. The first kappa shape index (κ1) is 35.1. The van der Waals surface area contributed by atoms with Crippen molar-refractivity contribution in [3.63, 3.8) is 0 Å². The van der Waals surface area contributed by atoms with Crippen LogP contribution in [0.5, 0.6) is 0 Å². The molecule has 0 saturated carbocycles. The van der Waals surface area contributed by atoms with Crippen molar-refractivity contribution >= 4 is 10.8 Å². The van der Waals surface area contributed by atoms with Crippen LogP contribution < -0.4 is 0 Å². The van der Waals surface area contributed by atoms with E-state index in [2.05, 4.69) is 206 Å². The molecular formula is C58H36N2. The molecule has 1 aliphatic carbocycles. The summed E-state index contributed by atoms with van der Waals surface area (Å²) in [7, 11) is 0. The molecule has 0 fully saturated rings. The van der Waals surface area contributed by atoms with Crippen molar-refractivity contribution < 1.29 is 0 Å². The van der Waals surface area contributed by atoms with Crippen LogP contribution in [0.15, 0.2) is 218 Å². The molecule has 0 aliphatic heterocycles. The summed E-state index contributed by atoms with van der Waals surface area (Å²) in [6, 6.07) is 79.9. The molecule has 60 heavy (non-hydrogen) atoms. The standard InChI is InChI=1S/C58H36N2/c59-37-38-15-17-44(18-16-38)49-31-33-53-51-13-7-8-14-52(51)54-34-32-50(57(49)58(53)54)45-27-23-42(24-28-45)40-19-21-41(22-20-40)43-25-29-47(30-26-43)56-36-48(39-9-3-1-4-10-39)35-55(60-56)46-11-5-2-6-12-46/h1-36H. The molecule has 11 rings (SSSR count). The Morgan fingerprint density at radius 2 is 0.600 bits per heavy atom. The van der Waals surface area contributed by atoms with E-state index in [9.17, 15) is 5.26 Å².